The fraction of sp³-hybridized carbons (Fsp3) is 0.214. The third kappa shape index (κ3) is 5.57. The number of piperazine rings is 1. The molecule has 1 fully saturated rings. The number of aromatic nitrogens is 2. The van der Waals surface area contributed by atoms with E-state index in [1.54, 1.807) is 35.2 Å². The molecule has 2 amide bonds. The summed E-state index contributed by atoms with van der Waals surface area (Å²) in [6, 6.07) is 22.3. The standard InChI is InChI=1S/C28H26FN5O3/c29-21-9-6-10-22(17-21)30-25(35)19-32-13-15-33(16-14-32)28(37)26-23-11-4-5-12-24(23)27(36)34(31-26)18-20-7-2-1-3-8-20/h1-12,17H,13-16,18-19H2,(H,30,35). The predicted octanol–water partition coefficient (Wildman–Crippen LogP) is 2.98. The van der Waals surface area contributed by atoms with Gasteiger partial charge in [-0.05, 0) is 29.8 Å². The topological polar surface area (TPSA) is 87.5 Å². The molecule has 0 saturated carbocycles. The van der Waals surface area contributed by atoms with Crippen molar-refractivity contribution in [2.45, 2.75) is 6.54 Å². The van der Waals surface area contributed by atoms with E-state index < -0.39 is 5.82 Å². The number of hydrogen-bond donors (Lipinski definition) is 1. The van der Waals surface area contributed by atoms with E-state index in [0.717, 1.165) is 5.56 Å². The van der Waals surface area contributed by atoms with Gasteiger partial charge >= 0.3 is 0 Å². The average Bonchev–Trinajstić information content (AvgIpc) is 2.91. The molecule has 8 nitrogen and oxygen atoms in total. The van der Waals surface area contributed by atoms with Gasteiger partial charge < -0.3 is 10.2 Å². The Kier molecular flexibility index (Phi) is 7.04. The van der Waals surface area contributed by atoms with Gasteiger partial charge in [0, 0.05) is 37.3 Å². The van der Waals surface area contributed by atoms with Crippen LogP contribution in [0, 0.1) is 5.82 Å². The highest BCUT2D eigenvalue weighted by Crippen LogP contribution is 2.17. The summed E-state index contributed by atoms with van der Waals surface area (Å²) >= 11 is 0. The van der Waals surface area contributed by atoms with Crippen molar-refractivity contribution in [1.29, 1.82) is 0 Å². The van der Waals surface area contributed by atoms with Crippen molar-refractivity contribution < 1.29 is 14.0 Å². The molecule has 1 aromatic heterocycles. The highest BCUT2D eigenvalue weighted by molar-refractivity contribution is 6.04. The maximum absolute atomic E-state index is 13.5. The van der Waals surface area contributed by atoms with E-state index in [4.69, 9.17) is 0 Å². The normalized spacial score (nSPS) is 14.0. The third-order valence-corrected chi connectivity index (χ3v) is 6.38. The van der Waals surface area contributed by atoms with Gasteiger partial charge in [0.1, 0.15) is 5.82 Å². The van der Waals surface area contributed by atoms with Crippen LogP contribution in [0.15, 0.2) is 83.7 Å². The molecular weight excluding hydrogens is 473 g/mol. The van der Waals surface area contributed by atoms with Gasteiger partial charge in [-0.2, -0.15) is 5.10 Å². The second-order valence-corrected chi connectivity index (χ2v) is 8.97. The number of anilines is 1. The lowest BCUT2D eigenvalue weighted by Gasteiger charge is -2.34. The number of nitrogens with one attached hydrogen (secondary N) is 1. The van der Waals surface area contributed by atoms with E-state index >= 15 is 0 Å². The Balaban J connectivity index is 1.29. The zero-order chi connectivity index (χ0) is 25.8. The average molecular weight is 500 g/mol. The molecule has 188 valence electrons. The highest BCUT2D eigenvalue weighted by Gasteiger charge is 2.26. The summed E-state index contributed by atoms with van der Waals surface area (Å²) in [5, 5.41) is 8.17. The molecule has 37 heavy (non-hydrogen) atoms. The highest BCUT2D eigenvalue weighted by atomic mass is 19.1. The maximum atomic E-state index is 13.5. The molecule has 5 rings (SSSR count). The molecule has 1 aliphatic heterocycles. The fourth-order valence-corrected chi connectivity index (χ4v) is 4.49. The van der Waals surface area contributed by atoms with Crippen LogP contribution in [0.5, 0.6) is 0 Å². The quantitative estimate of drug-likeness (QED) is 0.441. The van der Waals surface area contributed by atoms with Gasteiger partial charge in [0.25, 0.3) is 11.5 Å². The SMILES string of the molecule is O=C(CN1CCN(C(=O)c2nn(Cc3ccccc3)c(=O)c3ccccc23)CC1)Nc1cccc(F)c1. The van der Waals surface area contributed by atoms with Crippen LogP contribution >= 0.6 is 0 Å². The third-order valence-electron chi connectivity index (χ3n) is 6.38. The van der Waals surface area contributed by atoms with E-state index in [9.17, 15) is 18.8 Å². The van der Waals surface area contributed by atoms with Crippen LogP contribution in [0.2, 0.25) is 0 Å². The summed E-state index contributed by atoms with van der Waals surface area (Å²) in [5.74, 6) is -0.908. The van der Waals surface area contributed by atoms with Gasteiger partial charge in [-0.15, -0.1) is 0 Å². The summed E-state index contributed by atoms with van der Waals surface area (Å²) in [7, 11) is 0. The van der Waals surface area contributed by atoms with Crippen molar-refractivity contribution >= 4 is 28.3 Å². The van der Waals surface area contributed by atoms with Crippen molar-refractivity contribution in [3.8, 4) is 0 Å². The van der Waals surface area contributed by atoms with Crippen molar-refractivity contribution in [2.75, 3.05) is 38.0 Å². The van der Waals surface area contributed by atoms with E-state index in [0.29, 0.717) is 42.6 Å². The largest absolute Gasteiger partial charge is 0.335 e. The molecule has 0 atom stereocenters. The van der Waals surface area contributed by atoms with E-state index in [2.05, 4.69) is 10.4 Å². The molecule has 1 saturated heterocycles. The Bertz CT molecular complexity index is 1500. The molecule has 0 bridgehead atoms. The minimum atomic E-state index is -0.416. The Hall–Kier alpha value is -4.37. The predicted molar refractivity (Wildman–Crippen MR) is 139 cm³/mol. The van der Waals surface area contributed by atoms with Crippen molar-refractivity contribution in [1.82, 2.24) is 19.6 Å². The number of hydrogen-bond acceptors (Lipinski definition) is 5. The summed E-state index contributed by atoms with van der Waals surface area (Å²) in [6.45, 7) is 2.24. The lowest BCUT2D eigenvalue weighted by molar-refractivity contribution is -0.117. The second-order valence-electron chi connectivity index (χ2n) is 8.97. The Morgan fingerprint density at radius 3 is 2.30 bits per heavy atom. The Morgan fingerprint density at radius 1 is 0.865 bits per heavy atom. The molecule has 3 aromatic carbocycles. The first-order valence-corrected chi connectivity index (χ1v) is 12.1. The van der Waals surface area contributed by atoms with Crippen LogP contribution in [0.3, 0.4) is 0 Å². The molecule has 0 aliphatic carbocycles. The van der Waals surface area contributed by atoms with Crippen molar-refractivity contribution in [3.05, 3.63) is 106 Å². The number of rotatable bonds is 6. The number of nitrogens with zero attached hydrogens (tertiary/aromatic N) is 4. The molecule has 1 N–H and O–H groups in total. The lowest BCUT2D eigenvalue weighted by atomic mass is 10.1. The monoisotopic (exact) mass is 499 g/mol. The second kappa shape index (κ2) is 10.7. The van der Waals surface area contributed by atoms with Gasteiger partial charge in [-0.1, -0.05) is 54.6 Å². The van der Waals surface area contributed by atoms with Gasteiger partial charge in [0.05, 0.1) is 18.5 Å². The van der Waals surface area contributed by atoms with E-state index in [1.165, 1.54) is 22.9 Å². The van der Waals surface area contributed by atoms with E-state index in [-0.39, 0.29) is 36.2 Å². The van der Waals surface area contributed by atoms with Gasteiger partial charge in [-0.25, -0.2) is 9.07 Å². The fourth-order valence-electron chi connectivity index (χ4n) is 4.49. The molecule has 4 aromatic rings. The van der Waals surface area contributed by atoms with Crippen LogP contribution in [-0.2, 0) is 11.3 Å². The Labute approximate surface area is 212 Å². The first-order valence-electron chi connectivity index (χ1n) is 12.1. The number of halogens is 1. The lowest BCUT2D eigenvalue weighted by Crippen LogP contribution is -2.50. The van der Waals surface area contributed by atoms with Crippen LogP contribution < -0.4 is 10.9 Å². The van der Waals surface area contributed by atoms with Crippen LogP contribution in [0.4, 0.5) is 10.1 Å². The molecule has 0 spiro atoms. The molecular formula is C28H26FN5O3. The number of amides is 2. The zero-order valence-electron chi connectivity index (χ0n) is 20.1. The van der Waals surface area contributed by atoms with E-state index in [1.807, 2.05) is 35.2 Å². The summed E-state index contributed by atoms with van der Waals surface area (Å²) < 4.78 is 14.7. The molecule has 2 heterocycles. The number of carbonyl (C=O) groups is 2. The number of benzene rings is 3. The van der Waals surface area contributed by atoms with Crippen molar-refractivity contribution in [2.24, 2.45) is 0 Å². The minimum Gasteiger partial charge on any atom is -0.335 e. The summed E-state index contributed by atoms with van der Waals surface area (Å²) in [6.07, 6.45) is 0. The first-order chi connectivity index (χ1) is 18.0. The Morgan fingerprint density at radius 2 is 1.57 bits per heavy atom. The number of carbonyl (C=O) groups excluding carboxylic acids is 2. The molecule has 0 unspecified atom stereocenters. The van der Waals surface area contributed by atoms with Crippen molar-refractivity contribution in [3.63, 3.8) is 0 Å². The first kappa shape index (κ1) is 24.3. The van der Waals surface area contributed by atoms with Crippen LogP contribution in [0.25, 0.3) is 10.8 Å². The maximum Gasteiger partial charge on any atom is 0.275 e. The molecule has 9 heteroatoms. The smallest absolute Gasteiger partial charge is 0.275 e. The molecule has 0 radical (unpaired) electrons. The summed E-state index contributed by atoms with van der Waals surface area (Å²) in [4.78, 5) is 42.7. The number of fused-ring (bicyclic) bond motifs is 1. The summed E-state index contributed by atoms with van der Waals surface area (Å²) in [5.41, 5.74) is 1.31. The zero-order valence-corrected chi connectivity index (χ0v) is 20.1. The van der Waals surface area contributed by atoms with Crippen LogP contribution in [0.1, 0.15) is 16.1 Å². The van der Waals surface area contributed by atoms with Gasteiger partial charge in [0.2, 0.25) is 5.91 Å². The van der Waals surface area contributed by atoms with Gasteiger partial charge in [0.15, 0.2) is 5.69 Å². The minimum absolute atomic E-state index is 0.141. The molecule has 1 aliphatic rings. The van der Waals surface area contributed by atoms with Crippen LogP contribution in [-0.4, -0.2) is 64.1 Å². The van der Waals surface area contributed by atoms with Gasteiger partial charge in [-0.3, -0.25) is 19.3 Å².